The van der Waals surface area contributed by atoms with Gasteiger partial charge in [-0.3, -0.25) is 14.4 Å². The number of aromatic nitrogens is 2. The Morgan fingerprint density at radius 1 is 0.974 bits per heavy atom. The fourth-order valence-electron chi connectivity index (χ4n) is 4.45. The van der Waals surface area contributed by atoms with Crippen molar-refractivity contribution >= 4 is 29.9 Å². The number of benzene rings is 2. The van der Waals surface area contributed by atoms with E-state index in [1.54, 1.807) is 42.2 Å². The van der Waals surface area contributed by atoms with Gasteiger partial charge in [0, 0.05) is 61.6 Å². The maximum atomic E-state index is 13.4. The maximum Gasteiger partial charge on any atom is 0.416 e. The van der Waals surface area contributed by atoms with Crippen molar-refractivity contribution in [3.8, 4) is 0 Å². The van der Waals surface area contributed by atoms with Crippen molar-refractivity contribution in [3.05, 3.63) is 87.7 Å². The van der Waals surface area contributed by atoms with Gasteiger partial charge in [-0.1, -0.05) is 23.7 Å². The molecule has 3 aromatic rings. The predicted molar refractivity (Wildman–Crippen MR) is 132 cm³/mol. The first kappa shape index (κ1) is 29.8. The second-order valence-corrected chi connectivity index (χ2v) is 9.47. The standard InChI is InChI=1S/C25H23ClF6N4O.ClH/c1-34-13-17(12-33-34)14-35-6-7-36(22(15-35)8-16-2-4-21(26)5-3-16)23(37)18-9-19(24(27,28)29)11-20(10-18)25(30,31)32;/h2-5,9-13,22H,6-8,14-15H2,1H3;1H/t22-;/m1./s1. The molecule has 2 heterocycles. The minimum absolute atomic E-state index is 0. The van der Waals surface area contributed by atoms with Crippen LogP contribution in [0.5, 0.6) is 0 Å². The van der Waals surface area contributed by atoms with Gasteiger partial charge in [0.25, 0.3) is 5.91 Å². The van der Waals surface area contributed by atoms with Gasteiger partial charge in [0.05, 0.1) is 17.3 Å². The number of carbonyl (C=O) groups is 1. The van der Waals surface area contributed by atoms with Crippen molar-refractivity contribution in [1.82, 2.24) is 19.6 Å². The highest BCUT2D eigenvalue weighted by Gasteiger charge is 2.39. The summed E-state index contributed by atoms with van der Waals surface area (Å²) in [6.45, 7) is 1.43. The topological polar surface area (TPSA) is 41.4 Å². The number of amides is 1. The minimum Gasteiger partial charge on any atom is -0.333 e. The summed E-state index contributed by atoms with van der Waals surface area (Å²) in [6.07, 6.45) is -6.17. The van der Waals surface area contributed by atoms with Gasteiger partial charge in [-0.2, -0.15) is 31.4 Å². The molecule has 1 amide bonds. The molecule has 2 aromatic carbocycles. The third kappa shape index (κ3) is 7.21. The van der Waals surface area contributed by atoms with Gasteiger partial charge < -0.3 is 4.90 Å². The zero-order valence-electron chi connectivity index (χ0n) is 20.1. The Morgan fingerprint density at radius 2 is 1.58 bits per heavy atom. The van der Waals surface area contributed by atoms with E-state index in [1.165, 1.54) is 4.90 Å². The number of piperazine rings is 1. The Morgan fingerprint density at radius 3 is 2.11 bits per heavy atom. The first-order chi connectivity index (χ1) is 17.3. The van der Waals surface area contributed by atoms with Crippen LogP contribution in [0.3, 0.4) is 0 Å². The van der Waals surface area contributed by atoms with Gasteiger partial charge in [-0.25, -0.2) is 0 Å². The summed E-state index contributed by atoms with van der Waals surface area (Å²) in [5, 5.41) is 4.66. The van der Waals surface area contributed by atoms with E-state index in [9.17, 15) is 31.1 Å². The summed E-state index contributed by atoms with van der Waals surface area (Å²) >= 11 is 5.97. The molecule has 1 fully saturated rings. The van der Waals surface area contributed by atoms with Gasteiger partial charge in [0.15, 0.2) is 0 Å². The second kappa shape index (κ2) is 11.5. The van der Waals surface area contributed by atoms with Crippen LogP contribution in [0.4, 0.5) is 26.3 Å². The Bertz CT molecular complexity index is 1230. The first-order valence-corrected chi connectivity index (χ1v) is 11.7. The summed E-state index contributed by atoms with van der Waals surface area (Å²) in [5.41, 5.74) is -1.91. The highest BCUT2D eigenvalue weighted by atomic mass is 35.5. The molecule has 1 aliphatic rings. The molecule has 0 unspecified atom stereocenters. The highest BCUT2D eigenvalue weighted by Crippen LogP contribution is 2.37. The Hall–Kier alpha value is -2.76. The summed E-state index contributed by atoms with van der Waals surface area (Å²) < 4.78 is 82.0. The smallest absolute Gasteiger partial charge is 0.333 e. The lowest BCUT2D eigenvalue weighted by molar-refractivity contribution is -0.143. The summed E-state index contributed by atoms with van der Waals surface area (Å²) in [5.74, 6) is -0.878. The summed E-state index contributed by atoms with van der Waals surface area (Å²) in [7, 11) is 1.79. The second-order valence-electron chi connectivity index (χ2n) is 9.03. The summed E-state index contributed by atoms with van der Waals surface area (Å²) in [4.78, 5) is 16.9. The molecular formula is C25H24Cl2F6N4O. The van der Waals surface area contributed by atoms with E-state index in [0.29, 0.717) is 43.2 Å². The number of halogens is 8. The molecule has 206 valence electrons. The third-order valence-electron chi connectivity index (χ3n) is 6.21. The average Bonchev–Trinajstić information content (AvgIpc) is 3.23. The van der Waals surface area contributed by atoms with Crippen LogP contribution in [0.25, 0.3) is 0 Å². The van der Waals surface area contributed by atoms with Crippen molar-refractivity contribution < 1.29 is 31.1 Å². The van der Waals surface area contributed by atoms with Crippen molar-refractivity contribution in [3.63, 3.8) is 0 Å². The Labute approximate surface area is 226 Å². The van der Waals surface area contributed by atoms with Crippen LogP contribution in [0.15, 0.2) is 54.9 Å². The van der Waals surface area contributed by atoms with E-state index in [2.05, 4.69) is 10.00 Å². The van der Waals surface area contributed by atoms with E-state index in [1.807, 2.05) is 6.20 Å². The number of hydrogen-bond acceptors (Lipinski definition) is 3. The van der Waals surface area contributed by atoms with Crippen LogP contribution in [0.2, 0.25) is 5.02 Å². The molecule has 0 radical (unpaired) electrons. The lowest BCUT2D eigenvalue weighted by Crippen LogP contribution is -2.55. The van der Waals surface area contributed by atoms with Gasteiger partial charge in [0.1, 0.15) is 0 Å². The number of aryl methyl sites for hydroxylation is 1. The largest absolute Gasteiger partial charge is 0.416 e. The minimum atomic E-state index is -5.04. The van der Waals surface area contributed by atoms with E-state index < -0.39 is 41.0 Å². The molecule has 0 spiro atoms. The fourth-order valence-corrected chi connectivity index (χ4v) is 4.58. The molecule has 4 rings (SSSR count). The molecular weight excluding hydrogens is 557 g/mol. The van der Waals surface area contributed by atoms with E-state index in [4.69, 9.17) is 11.6 Å². The molecule has 1 saturated heterocycles. The van der Waals surface area contributed by atoms with Gasteiger partial charge >= 0.3 is 12.4 Å². The normalized spacial score (nSPS) is 16.8. The third-order valence-corrected chi connectivity index (χ3v) is 6.46. The molecule has 1 aromatic heterocycles. The highest BCUT2D eigenvalue weighted by molar-refractivity contribution is 6.30. The number of hydrogen-bond donors (Lipinski definition) is 0. The zero-order valence-corrected chi connectivity index (χ0v) is 21.6. The van der Waals surface area contributed by atoms with Crippen LogP contribution >= 0.6 is 24.0 Å². The molecule has 5 nitrogen and oxygen atoms in total. The van der Waals surface area contributed by atoms with Crippen LogP contribution in [-0.2, 0) is 32.4 Å². The maximum absolute atomic E-state index is 13.4. The van der Waals surface area contributed by atoms with Crippen molar-refractivity contribution in [2.24, 2.45) is 7.05 Å². The van der Waals surface area contributed by atoms with Crippen LogP contribution in [0.1, 0.15) is 32.6 Å². The molecule has 0 saturated carbocycles. The van der Waals surface area contributed by atoms with Crippen molar-refractivity contribution in [1.29, 1.82) is 0 Å². The quantitative estimate of drug-likeness (QED) is 0.342. The Kier molecular flexibility index (Phi) is 9.05. The molecule has 38 heavy (non-hydrogen) atoms. The Balaban J connectivity index is 0.00000400. The zero-order chi connectivity index (χ0) is 27.0. The molecule has 0 N–H and O–H groups in total. The predicted octanol–water partition coefficient (Wildman–Crippen LogP) is 6.10. The van der Waals surface area contributed by atoms with Crippen LogP contribution in [-0.4, -0.2) is 51.2 Å². The van der Waals surface area contributed by atoms with Crippen molar-refractivity contribution in [2.45, 2.75) is 31.4 Å². The lowest BCUT2D eigenvalue weighted by atomic mass is 9.99. The number of carbonyl (C=O) groups excluding carboxylic acids is 1. The monoisotopic (exact) mass is 580 g/mol. The van der Waals surface area contributed by atoms with E-state index in [-0.39, 0.29) is 25.0 Å². The van der Waals surface area contributed by atoms with E-state index >= 15 is 0 Å². The van der Waals surface area contributed by atoms with Crippen molar-refractivity contribution in [2.75, 3.05) is 19.6 Å². The lowest BCUT2D eigenvalue weighted by Gasteiger charge is -2.41. The van der Waals surface area contributed by atoms with Crippen LogP contribution in [0, 0.1) is 0 Å². The SMILES string of the molecule is Cl.Cn1cc(CN2CCN(C(=O)c3cc(C(F)(F)F)cc(C(F)(F)F)c3)[C@H](Cc3ccc(Cl)cc3)C2)cn1. The number of nitrogens with zero attached hydrogens (tertiary/aromatic N) is 4. The van der Waals surface area contributed by atoms with Gasteiger partial charge in [0.2, 0.25) is 0 Å². The molecule has 1 aliphatic heterocycles. The van der Waals surface area contributed by atoms with Gasteiger partial charge in [-0.05, 0) is 42.3 Å². The summed E-state index contributed by atoms with van der Waals surface area (Å²) in [6, 6.07) is 7.41. The van der Waals surface area contributed by atoms with E-state index in [0.717, 1.165) is 11.1 Å². The first-order valence-electron chi connectivity index (χ1n) is 11.3. The van der Waals surface area contributed by atoms with Crippen LogP contribution < -0.4 is 0 Å². The molecule has 0 aliphatic carbocycles. The van der Waals surface area contributed by atoms with Gasteiger partial charge in [-0.15, -0.1) is 12.4 Å². The molecule has 1 atom stereocenters. The number of rotatable bonds is 5. The fraction of sp³-hybridized carbons (Fsp3) is 0.360. The molecule has 0 bridgehead atoms. The molecule has 13 heteroatoms. The average molecular weight is 581 g/mol. The number of alkyl halides is 6.